The Morgan fingerprint density at radius 2 is 2.08 bits per heavy atom. The van der Waals surface area contributed by atoms with Gasteiger partial charge < -0.3 is 4.74 Å². The molecule has 0 spiro atoms. The molecule has 2 heteroatoms. The molecule has 70 valence electrons. The van der Waals surface area contributed by atoms with Crippen LogP contribution in [0.4, 0.5) is 0 Å². The summed E-state index contributed by atoms with van der Waals surface area (Å²) in [5, 5.41) is 0. The molecule has 0 saturated heterocycles. The van der Waals surface area contributed by atoms with Gasteiger partial charge in [0.05, 0.1) is 7.11 Å². The number of esters is 1. The Labute approximate surface area is 74.9 Å². The first-order valence-corrected chi connectivity index (χ1v) is 4.04. The van der Waals surface area contributed by atoms with E-state index in [0.717, 1.165) is 6.08 Å². The van der Waals surface area contributed by atoms with Crippen molar-refractivity contribution in [3.05, 3.63) is 25.3 Å². The van der Waals surface area contributed by atoms with E-state index in [9.17, 15) is 4.79 Å². The average Bonchev–Trinajstić information content (AvgIpc) is 2.14. The average molecular weight is 170 g/mol. The van der Waals surface area contributed by atoms with E-state index in [-0.39, 0.29) is 0 Å². The number of carbonyl (C=O) groups is 1. The molecule has 0 atom stereocenters. The molecular formula is C10H18O2. The fraction of sp³-hybridized carbons (Fsp3) is 0.500. The Morgan fingerprint density at radius 3 is 2.17 bits per heavy atom. The Balaban J connectivity index is 0. The Kier molecular flexibility index (Phi) is 14.2. The van der Waals surface area contributed by atoms with Crippen LogP contribution in [0.15, 0.2) is 25.3 Å². The molecule has 0 aliphatic rings. The van der Waals surface area contributed by atoms with Crippen molar-refractivity contribution in [1.29, 1.82) is 0 Å². The van der Waals surface area contributed by atoms with Gasteiger partial charge in [-0.15, -0.1) is 6.58 Å². The highest BCUT2D eigenvalue weighted by atomic mass is 16.5. The third kappa shape index (κ3) is 16.0. The lowest BCUT2D eigenvalue weighted by atomic mass is 10.3. The van der Waals surface area contributed by atoms with E-state index in [2.05, 4.69) is 24.8 Å². The summed E-state index contributed by atoms with van der Waals surface area (Å²) in [6.07, 6.45) is 6.83. The van der Waals surface area contributed by atoms with Gasteiger partial charge in [-0.3, -0.25) is 0 Å². The summed E-state index contributed by atoms with van der Waals surface area (Å²) in [4.78, 5) is 9.84. The second-order valence-corrected chi connectivity index (χ2v) is 2.16. The summed E-state index contributed by atoms with van der Waals surface area (Å²) in [5.41, 5.74) is 0. The van der Waals surface area contributed by atoms with Gasteiger partial charge in [0.25, 0.3) is 0 Å². The molecule has 0 amide bonds. The van der Waals surface area contributed by atoms with E-state index in [4.69, 9.17) is 0 Å². The molecule has 0 aliphatic carbocycles. The maximum atomic E-state index is 9.84. The predicted molar refractivity (Wildman–Crippen MR) is 51.9 cm³/mol. The van der Waals surface area contributed by atoms with Gasteiger partial charge in [0.15, 0.2) is 0 Å². The van der Waals surface area contributed by atoms with E-state index < -0.39 is 5.97 Å². The highest BCUT2D eigenvalue weighted by Gasteiger charge is 1.81. The molecule has 2 nitrogen and oxygen atoms in total. The summed E-state index contributed by atoms with van der Waals surface area (Å²) < 4.78 is 4.14. The van der Waals surface area contributed by atoms with Crippen molar-refractivity contribution in [3.8, 4) is 0 Å². The van der Waals surface area contributed by atoms with Crippen molar-refractivity contribution < 1.29 is 9.53 Å². The number of hydrogen-bond donors (Lipinski definition) is 0. The van der Waals surface area contributed by atoms with Crippen molar-refractivity contribution in [2.24, 2.45) is 0 Å². The minimum atomic E-state index is -0.394. The Hall–Kier alpha value is -1.05. The van der Waals surface area contributed by atoms with Crippen LogP contribution >= 0.6 is 0 Å². The molecule has 0 rings (SSSR count). The lowest BCUT2D eigenvalue weighted by Gasteiger charge is -1.83. The Bertz CT molecular complexity index is 128. The minimum Gasteiger partial charge on any atom is -0.466 e. The van der Waals surface area contributed by atoms with Crippen LogP contribution in [0.1, 0.15) is 26.2 Å². The molecule has 0 radical (unpaired) electrons. The zero-order chi connectivity index (χ0) is 9.82. The van der Waals surface area contributed by atoms with Gasteiger partial charge in [0, 0.05) is 6.08 Å². The monoisotopic (exact) mass is 170 g/mol. The molecule has 0 aliphatic heterocycles. The molecule has 0 unspecified atom stereocenters. The number of unbranched alkanes of at least 4 members (excludes halogenated alkanes) is 2. The molecule has 12 heavy (non-hydrogen) atoms. The highest BCUT2D eigenvalue weighted by molar-refractivity contribution is 5.80. The number of hydrogen-bond acceptors (Lipinski definition) is 2. The molecule has 0 bridgehead atoms. The first-order chi connectivity index (χ1) is 5.72. The SMILES string of the molecule is C=CC(=O)OC.C=CCCCC. The fourth-order valence-corrected chi connectivity index (χ4v) is 0.432. The third-order valence-corrected chi connectivity index (χ3v) is 1.13. The van der Waals surface area contributed by atoms with Crippen LogP contribution in [0.5, 0.6) is 0 Å². The third-order valence-electron chi connectivity index (χ3n) is 1.13. The summed E-state index contributed by atoms with van der Waals surface area (Å²) in [5.74, 6) is -0.394. The zero-order valence-electron chi connectivity index (χ0n) is 8.01. The number of methoxy groups -OCH3 is 1. The summed E-state index contributed by atoms with van der Waals surface area (Å²) in [6, 6.07) is 0. The van der Waals surface area contributed by atoms with Crippen LogP contribution in [-0.2, 0) is 9.53 Å². The minimum absolute atomic E-state index is 0.394. The normalized spacial score (nSPS) is 7.50. The molecule has 0 heterocycles. The van der Waals surface area contributed by atoms with E-state index >= 15 is 0 Å². The molecule has 0 N–H and O–H groups in total. The van der Waals surface area contributed by atoms with Crippen molar-refractivity contribution >= 4 is 5.97 Å². The molecule has 0 aromatic heterocycles. The second-order valence-electron chi connectivity index (χ2n) is 2.16. The number of carbonyl (C=O) groups excluding carboxylic acids is 1. The topological polar surface area (TPSA) is 26.3 Å². The number of allylic oxidation sites excluding steroid dienone is 1. The van der Waals surface area contributed by atoms with E-state index in [1.165, 1.54) is 26.4 Å². The summed E-state index contributed by atoms with van der Waals surface area (Å²) in [7, 11) is 1.31. The van der Waals surface area contributed by atoms with Crippen LogP contribution in [0, 0.1) is 0 Å². The zero-order valence-corrected chi connectivity index (χ0v) is 8.01. The van der Waals surface area contributed by atoms with E-state index in [1.54, 1.807) is 0 Å². The lowest BCUT2D eigenvalue weighted by molar-refractivity contribution is -0.134. The van der Waals surface area contributed by atoms with Crippen LogP contribution in [0.25, 0.3) is 0 Å². The highest BCUT2D eigenvalue weighted by Crippen LogP contribution is 1.91. The second kappa shape index (κ2) is 12.6. The number of rotatable bonds is 4. The molecular weight excluding hydrogens is 152 g/mol. The van der Waals surface area contributed by atoms with Crippen molar-refractivity contribution in [1.82, 2.24) is 0 Å². The van der Waals surface area contributed by atoms with Gasteiger partial charge in [-0.1, -0.05) is 32.4 Å². The van der Waals surface area contributed by atoms with Crippen molar-refractivity contribution in [2.75, 3.05) is 7.11 Å². The fourth-order valence-electron chi connectivity index (χ4n) is 0.432. The van der Waals surface area contributed by atoms with E-state index in [0.29, 0.717) is 0 Å². The first-order valence-electron chi connectivity index (χ1n) is 4.04. The molecule has 0 aromatic carbocycles. The van der Waals surface area contributed by atoms with Gasteiger partial charge in [-0.05, 0) is 6.42 Å². The maximum absolute atomic E-state index is 9.84. The standard InChI is InChI=1S/C6H12.C4H6O2/c1-3-5-6-4-2;1-3-4(5)6-2/h3H,1,4-6H2,2H3;3H,1H2,2H3. The van der Waals surface area contributed by atoms with Crippen LogP contribution < -0.4 is 0 Å². The van der Waals surface area contributed by atoms with Crippen molar-refractivity contribution in [2.45, 2.75) is 26.2 Å². The van der Waals surface area contributed by atoms with Crippen LogP contribution in [0.3, 0.4) is 0 Å². The van der Waals surface area contributed by atoms with Gasteiger partial charge in [-0.2, -0.15) is 0 Å². The number of ether oxygens (including phenoxy) is 1. The molecule has 0 fully saturated rings. The smallest absolute Gasteiger partial charge is 0.329 e. The first kappa shape index (κ1) is 13.5. The molecule has 0 saturated carbocycles. The predicted octanol–water partition coefficient (Wildman–Crippen LogP) is 2.71. The van der Waals surface area contributed by atoms with Gasteiger partial charge in [-0.25, -0.2) is 4.79 Å². The molecule has 0 aromatic rings. The van der Waals surface area contributed by atoms with Crippen molar-refractivity contribution in [3.63, 3.8) is 0 Å². The van der Waals surface area contributed by atoms with Gasteiger partial charge in [0.1, 0.15) is 0 Å². The quantitative estimate of drug-likeness (QED) is 0.280. The van der Waals surface area contributed by atoms with Crippen LogP contribution in [-0.4, -0.2) is 13.1 Å². The largest absolute Gasteiger partial charge is 0.466 e. The van der Waals surface area contributed by atoms with E-state index in [1.807, 2.05) is 6.08 Å². The van der Waals surface area contributed by atoms with Gasteiger partial charge in [0.2, 0.25) is 0 Å². The summed E-state index contributed by atoms with van der Waals surface area (Å²) in [6.45, 7) is 8.94. The lowest BCUT2D eigenvalue weighted by Crippen LogP contribution is -1.91. The maximum Gasteiger partial charge on any atom is 0.329 e. The summed E-state index contributed by atoms with van der Waals surface area (Å²) >= 11 is 0. The van der Waals surface area contributed by atoms with Crippen LogP contribution in [0.2, 0.25) is 0 Å². The van der Waals surface area contributed by atoms with Gasteiger partial charge >= 0.3 is 5.97 Å². The Morgan fingerprint density at radius 1 is 1.50 bits per heavy atom.